The third-order valence-electron chi connectivity index (χ3n) is 6.97. The van der Waals surface area contributed by atoms with Gasteiger partial charge in [0, 0.05) is 38.4 Å². The second kappa shape index (κ2) is 5.89. The van der Waals surface area contributed by atoms with E-state index in [4.69, 9.17) is 4.74 Å². The Labute approximate surface area is 140 Å². The number of ether oxygens (including phenoxy) is 1. The summed E-state index contributed by atoms with van der Waals surface area (Å²) in [4.78, 5) is 0. The molecule has 3 aliphatic rings. The van der Waals surface area contributed by atoms with Gasteiger partial charge in [-0.25, -0.2) is 0 Å². The lowest BCUT2D eigenvalue weighted by atomic mass is 9.47. The molecule has 3 fully saturated rings. The van der Waals surface area contributed by atoms with Gasteiger partial charge in [0.15, 0.2) is 0 Å². The van der Waals surface area contributed by atoms with Gasteiger partial charge >= 0.3 is 0 Å². The SMILES string of the molecule is Cn1nccc1[C@@H]1OCC[C@H]1CN[C@H]1[C@@H]2CCCC[C@@H]2C1(C)C. The maximum atomic E-state index is 6.03. The van der Waals surface area contributed by atoms with E-state index in [9.17, 15) is 0 Å². The molecule has 4 nitrogen and oxygen atoms in total. The second-order valence-corrected chi connectivity index (χ2v) is 8.48. The van der Waals surface area contributed by atoms with Crippen LogP contribution in [0.1, 0.15) is 57.7 Å². The molecule has 2 aliphatic carbocycles. The molecule has 1 saturated heterocycles. The first-order valence-electron chi connectivity index (χ1n) is 9.42. The van der Waals surface area contributed by atoms with Crippen molar-refractivity contribution in [3.8, 4) is 0 Å². The van der Waals surface area contributed by atoms with Crippen LogP contribution in [0, 0.1) is 23.2 Å². The van der Waals surface area contributed by atoms with Crippen molar-refractivity contribution in [3.05, 3.63) is 18.0 Å². The third-order valence-corrected chi connectivity index (χ3v) is 6.97. The average molecular weight is 317 g/mol. The maximum absolute atomic E-state index is 6.03. The fourth-order valence-corrected chi connectivity index (χ4v) is 5.67. The molecule has 0 unspecified atom stereocenters. The molecule has 4 heteroatoms. The summed E-state index contributed by atoms with van der Waals surface area (Å²) in [5.41, 5.74) is 1.68. The van der Waals surface area contributed by atoms with Crippen LogP contribution < -0.4 is 5.32 Å². The average Bonchev–Trinajstić information content (AvgIpc) is 3.15. The number of aromatic nitrogens is 2. The molecule has 1 aromatic rings. The fourth-order valence-electron chi connectivity index (χ4n) is 5.67. The van der Waals surface area contributed by atoms with Crippen LogP contribution in [0.3, 0.4) is 0 Å². The molecule has 0 aromatic carbocycles. The Bertz CT molecular complexity index is 553. The van der Waals surface area contributed by atoms with E-state index in [-0.39, 0.29) is 6.10 Å². The van der Waals surface area contributed by atoms with Gasteiger partial charge in [0.2, 0.25) is 0 Å². The minimum Gasteiger partial charge on any atom is -0.372 e. The van der Waals surface area contributed by atoms with E-state index in [2.05, 4.69) is 30.3 Å². The molecule has 0 bridgehead atoms. The number of aryl methyl sites for hydroxylation is 1. The Balaban J connectivity index is 1.40. The zero-order valence-electron chi connectivity index (χ0n) is 14.8. The molecule has 1 aliphatic heterocycles. The van der Waals surface area contributed by atoms with Gasteiger partial charge in [0.25, 0.3) is 0 Å². The topological polar surface area (TPSA) is 39.1 Å². The highest BCUT2D eigenvalue weighted by molar-refractivity contribution is 5.10. The second-order valence-electron chi connectivity index (χ2n) is 8.48. The van der Waals surface area contributed by atoms with Gasteiger partial charge in [-0.15, -0.1) is 0 Å². The molecule has 5 atom stereocenters. The number of hydrogen-bond donors (Lipinski definition) is 1. The van der Waals surface area contributed by atoms with E-state index in [1.54, 1.807) is 0 Å². The van der Waals surface area contributed by atoms with Crippen molar-refractivity contribution < 1.29 is 4.74 Å². The largest absolute Gasteiger partial charge is 0.372 e. The van der Waals surface area contributed by atoms with Gasteiger partial charge in [-0.2, -0.15) is 5.10 Å². The zero-order chi connectivity index (χ0) is 16.0. The molecule has 2 heterocycles. The van der Waals surface area contributed by atoms with E-state index in [1.165, 1.54) is 31.4 Å². The first-order valence-corrected chi connectivity index (χ1v) is 9.42. The lowest BCUT2D eigenvalue weighted by Crippen LogP contribution is -2.65. The van der Waals surface area contributed by atoms with Crippen molar-refractivity contribution in [2.45, 2.75) is 58.1 Å². The van der Waals surface area contributed by atoms with Crippen molar-refractivity contribution in [1.82, 2.24) is 15.1 Å². The van der Waals surface area contributed by atoms with Crippen LogP contribution in [0.25, 0.3) is 0 Å². The van der Waals surface area contributed by atoms with Crippen molar-refractivity contribution in [3.63, 3.8) is 0 Å². The first-order chi connectivity index (χ1) is 11.1. The summed E-state index contributed by atoms with van der Waals surface area (Å²) in [7, 11) is 2.02. The summed E-state index contributed by atoms with van der Waals surface area (Å²) in [6, 6.07) is 2.80. The van der Waals surface area contributed by atoms with Crippen LogP contribution in [0.4, 0.5) is 0 Å². The predicted molar refractivity (Wildman–Crippen MR) is 91.0 cm³/mol. The molecular formula is C19H31N3O. The van der Waals surface area contributed by atoms with Crippen LogP contribution in [-0.2, 0) is 11.8 Å². The van der Waals surface area contributed by atoms with Gasteiger partial charge in [0.1, 0.15) is 6.10 Å². The smallest absolute Gasteiger partial charge is 0.103 e. The molecule has 2 saturated carbocycles. The molecule has 128 valence electrons. The number of nitrogens with one attached hydrogen (secondary N) is 1. The summed E-state index contributed by atoms with van der Waals surface area (Å²) < 4.78 is 8.00. The number of fused-ring (bicyclic) bond motifs is 1. The lowest BCUT2D eigenvalue weighted by molar-refractivity contribution is -0.0893. The number of hydrogen-bond acceptors (Lipinski definition) is 3. The summed E-state index contributed by atoms with van der Waals surface area (Å²) >= 11 is 0. The van der Waals surface area contributed by atoms with E-state index in [0.717, 1.165) is 31.4 Å². The van der Waals surface area contributed by atoms with Crippen LogP contribution >= 0.6 is 0 Å². The van der Waals surface area contributed by atoms with Crippen molar-refractivity contribution >= 4 is 0 Å². The predicted octanol–water partition coefficient (Wildman–Crippen LogP) is 3.30. The molecule has 23 heavy (non-hydrogen) atoms. The highest BCUT2D eigenvalue weighted by Gasteiger charge is 2.56. The standard InChI is InChI=1S/C19H31N3O/c1-19(2)15-7-5-4-6-14(15)18(19)20-12-13-9-11-23-17(13)16-8-10-21-22(16)3/h8,10,13-15,17-18,20H,4-7,9,11-12H2,1-3H3/t13-,14+,15-,17+,18-/m0/s1. The van der Waals surface area contributed by atoms with Crippen LogP contribution in [0.5, 0.6) is 0 Å². The molecule has 0 amide bonds. The summed E-state index contributed by atoms with van der Waals surface area (Å²) in [6.45, 7) is 6.90. The number of nitrogens with zero attached hydrogens (tertiary/aromatic N) is 2. The monoisotopic (exact) mass is 317 g/mol. The summed E-state index contributed by atoms with van der Waals surface area (Å²) in [5.74, 6) is 2.43. The maximum Gasteiger partial charge on any atom is 0.103 e. The molecular weight excluding hydrogens is 286 g/mol. The molecule has 4 rings (SSSR count). The van der Waals surface area contributed by atoms with Gasteiger partial charge in [-0.1, -0.05) is 26.7 Å². The third kappa shape index (κ3) is 2.54. The Kier molecular flexibility index (Phi) is 4.01. The Morgan fingerprint density at radius 2 is 2.13 bits per heavy atom. The van der Waals surface area contributed by atoms with E-state index >= 15 is 0 Å². The van der Waals surface area contributed by atoms with Gasteiger partial charge in [0.05, 0.1) is 5.69 Å². The van der Waals surface area contributed by atoms with Crippen LogP contribution in [0.15, 0.2) is 12.3 Å². The zero-order valence-corrected chi connectivity index (χ0v) is 14.8. The number of rotatable bonds is 4. The van der Waals surface area contributed by atoms with E-state index in [0.29, 0.717) is 17.4 Å². The fraction of sp³-hybridized carbons (Fsp3) is 0.842. The Morgan fingerprint density at radius 3 is 2.91 bits per heavy atom. The molecule has 0 spiro atoms. The summed E-state index contributed by atoms with van der Waals surface area (Å²) in [5, 5.41) is 8.26. The van der Waals surface area contributed by atoms with Crippen LogP contribution in [-0.4, -0.2) is 29.0 Å². The normalized spacial score (nSPS) is 39.0. The molecule has 1 aromatic heterocycles. The van der Waals surface area contributed by atoms with E-state index in [1.807, 2.05) is 17.9 Å². The van der Waals surface area contributed by atoms with Gasteiger partial charge in [-0.3, -0.25) is 4.68 Å². The van der Waals surface area contributed by atoms with Crippen molar-refractivity contribution in [2.75, 3.05) is 13.2 Å². The highest BCUT2D eigenvalue weighted by atomic mass is 16.5. The van der Waals surface area contributed by atoms with Crippen molar-refractivity contribution in [2.24, 2.45) is 30.2 Å². The first kappa shape index (κ1) is 15.6. The Morgan fingerprint density at radius 1 is 1.30 bits per heavy atom. The lowest BCUT2D eigenvalue weighted by Gasteiger charge is -2.61. The minimum absolute atomic E-state index is 0.209. The Hall–Kier alpha value is -0.870. The van der Waals surface area contributed by atoms with E-state index < -0.39 is 0 Å². The van der Waals surface area contributed by atoms with Gasteiger partial charge < -0.3 is 10.1 Å². The highest BCUT2D eigenvalue weighted by Crippen LogP contribution is 2.57. The minimum atomic E-state index is 0.209. The van der Waals surface area contributed by atoms with Crippen LogP contribution in [0.2, 0.25) is 0 Å². The van der Waals surface area contributed by atoms with Crippen molar-refractivity contribution in [1.29, 1.82) is 0 Å². The summed E-state index contributed by atoms with van der Waals surface area (Å²) in [6.07, 6.45) is 8.99. The van der Waals surface area contributed by atoms with Gasteiger partial charge in [-0.05, 0) is 42.6 Å². The quantitative estimate of drug-likeness (QED) is 0.926. The molecule has 0 radical (unpaired) electrons. The molecule has 1 N–H and O–H groups in total.